The van der Waals surface area contributed by atoms with Crippen LogP contribution in [0.15, 0.2) is 29.2 Å². The number of nitrogens with zero attached hydrogens (tertiary/aromatic N) is 2. The first kappa shape index (κ1) is 20.4. The molecule has 0 heterocycles. The minimum absolute atomic E-state index is 0.0422. The molecule has 1 aromatic carbocycles. The van der Waals surface area contributed by atoms with Crippen molar-refractivity contribution in [2.75, 3.05) is 27.2 Å². The van der Waals surface area contributed by atoms with Crippen LogP contribution in [0, 0.1) is 0 Å². The quantitative estimate of drug-likeness (QED) is 0.746. The van der Waals surface area contributed by atoms with Crippen LogP contribution < -0.4 is 0 Å². The van der Waals surface area contributed by atoms with E-state index in [-0.39, 0.29) is 17.0 Å². The summed E-state index contributed by atoms with van der Waals surface area (Å²) in [4.78, 5) is 13.0. The molecule has 0 aliphatic heterocycles. The minimum atomic E-state index is -4.52. The van der Waals surface area contributed by atoms with Crippen molar-refractivity contribution in [1.29, 1.82) is 0 Å². The van der Waals surface area contributed by atoms with Gasteiger partial charge in [0, 0.05) is 26.2 Å². The Balaban J connectivity index is 3.15. The predicted octanol–water partition coefficient (Wildman–Crippen LogP) is 2.74. The highest BCUT2D eigenvalue weighted by atomic mass is 32.2. The van der Waals surface area contributed by atoms with Gasteiger partial charge in [-0.2, -0.15) is 13.2 Å². The number of rotatable bonds is 7. The number of alkyl halides is 3. The van der Waals surface area contributed by atoms with Crippen molar-refractivity contribution in [1.82, 2.24) is 9.21 Å². The molecule has 0 spiro atoms. The van der Waals surface area contributed by atoms with E-state index in [4.69, 9.17) is 0 Å². The molecule has 0 aliphatic carbocycles. The highest BCUT2D eigenvalue weighted by Crippen LogP contribution is 2.20. The van der Waals surface area contributed by atoms with E-state index in [0.717, 1.165) is 10.4 Å². The summed E-state index contributed by atoms with van der Waals surface area (Å²) in [6.45, 7) is 0.399. The summed E-state index contributed by atoms with van der Waals surface area (Å²) in [7, 11) is -1.10. The maximum atomic E-state index is 12.7. The van der Waals surface area contributed by atoms with Crippen LogP contribution in [0.25, 0.3) is 0 Å². The summed E-state index contributed by atoms with van der Waals surface area (Å²) < 4.78 is 63.2. The SMILES string of the molecule is CCCCN(CC(F)(F)F)C(=O)c1cccc(S(=O)(=O)N(C)C)c1. The van der Waals surface area contributed by atoms with Gasteiger partial charge in [0.1, 0.15) is 6.54 Å². The Hall–Kier alpha value is -1.61. The van der Waals surface area contributed by atoms with Crippen molar-refractivity contribution in [3.05, 3.63) is 29.8 Å². The van der Waals surface area contributed by atoms with Crippen LogP contribution in [0.2, 0.25) is 0 Å². The Morgan fingerprint density at radius 2 is 1.83 bits per heavy atom. The van der Waals surface area contributed by atoms with Gasteiger partial charge in [0.2, 0.25) is 10.0 Å². The molecule has 24 heavy (non-hydrogen) atoms. The molecule has 5 nitrogen and oxygen atoms in total. The molecule has 1 amide bonds. The maximum Gasteiger partial charge on any atom is 0.406 e. The molecule has 0 unspecified atom stereocenters. The van der Waals surface area contributed by atoms with Crippen molar-refractivity contribution < 1.29 is 26.4 Å². The van der Waals surface area contributed by atoms with Gasteiger partial charge in [-0.25, -0.2) is 12.7 Å². The summed E-state index contributed by atoms with van der Waals surface area (Å²) in [5.41, 5.74) is -0.0849. The molecule has 0 aromatic heterocycles. The molecule has 0 saturated carbocycles. The summed E-state index contributed by atoms with van der Waals surface area (Å²) >= 11 is 0. The van der Waals surface area contributed by atoms with Crippen LogP contribution >= 0.6 is 0 Å². The summed E-state index contributed by atoms with van der Waals surface area (Å²) in [5, 5.41) is 0. The van der Waals surface area contributed by atoms with Crippen LogP contribution in [0.1, 0.15) is 30.1 Å². The van der Waals surface area contributed by atoms with Crippen molar-refractivity contribution >= 4 is 15.9 Å². The molecule has 0 aliphatic rings. The number of hydrogen-bond acceptors (Lipinski definition) is 3. The lowest BCUT2D eigenvalue weighted by Crippen LogP contribution is -2.39. The second-order valence-electron chi connectivity index (χ2n) is 5.51. The van der Waals surface area contributed by atoms with E-state index in [0.29, 0.717) is 17.7 Å². The van der Waals surface area contributed by atoms with Crippen LogP contribution in [0.3, 0.4) is 0 Å². The lowest BCUT2D eigenvalue weighted by Gasteiger charge is -2.24. The largest absolute Gasteiger partial charge is 0.406 e. The van der Waals surface area contributed by atoms with E-state index in [1.165, 1.54) is 32.3 Å². The first-order valence-corrected chi connectivity index (χ1v) is 8.81. The summed E-state index contributed by atoms with van der Waals surface area (Å²) in [5.74, 6) is -0.836. The van der Waals surface area contributed by atoms with Crippen LogP contribution in [0.4, 0.5) is 13.2 Å². The molecule has 0 saturated heterocycles. The molecule has 0 radical (unpaired) electrons. The molecule has 0 bridgehead atoms. The van der Waals surface area contributed by atoms with Gasteiger partial charge in [-0.1, -0.05) is 19.4 Å². The monoisotopic (exact) mass is 366 g/mol. The first-order chi connectivity index (χ1) is 11.0. The third kappa shape index (κ3) is 5.48. The lowest BCUT2D eigenvalue weighted by atomic mass is 10.2. The smallest absolute Gasteiger partial charge is 0.330 e. The van der Waals surface area contributed by atoms with E-state index < -0.39 is 28.7 Å². The molecule has 9 heteroatoms. The fraction of sp³-hybridized carbons (Fsp3) is 0.533. The van der Waals surface area contributed by atoms with Crippen molar-refractivity contribution in [2.24, 2.45) is 0 Å². The predicted molar refractivity (Wildman–Crippen MR) is 84.2 cm³/mol. The van der Waals surface area contributed by atoms with Gasteiger partial charge in [0.25, 0.3) is 5.91 Å². The topological polar surface area (TPSA) is 57.7 Å². The zero-order valence-corrected chi connectivity index (χ0v) is 14.6. The van der Waals surface area contributed by atoms with Crippen LogP contribution in [0.5, 0.6) is 0 Å². The Labute approximate surface area is 140 Å². The Bertz CT molecular complexity index is 673. The van der Waals surface area contributed by atoms with Gasteiger partial charge < -0.3 is 4.90 Å². The fourth-order valence-electron chi connectivity index (χ4n) is 2.00. The number of hydrogen-bond donors (Lipinski definition) is 0. The molecule has 136 valence electrons. The summed E-state index contributed by atoms with van der Waals surface area (Å²) in [6, 6.07) is 5.06. The van der Waals surface area contributed by atoms with Crippen LogP contribution in [-0.4, -0.2) is 56.9 Å². The zero-order chi connectivity index (χ0) is 18.5. The first-order valence-electron chi connectivity index (χ1n) is 7.37. The average molecular weight is 366 g/mol. The highest BCUT2D eigenvalue weighted by Gasteiger charge is 2.33. The lowest BCUT2D eigenvalue weighted by molar-refractivity contribution is -0.140. The third-order valence-corrected chi connectivity index (χ3v) is 5.11. The molecule has 0 N–H and O–H groups in total. The number of amides is 1. The molecule has 1 rings (SSSR count). The van der Waals surface area contributed by atoms with Gasteiger partial charge in [-0.15, -0.1) is 0 Å². The Morgan fingerprint density at radius 1 is 1.21 bits per heavy atom. The van der Waals surface area contributed by atoms with Gasteiger partial charge in [0.15, 0.2) is 0 Å². The Morgan fingerprint density at radius 3 is 2.33 bits per heavy atom. The van der Waals surface area contributed by atoms with E-state index >= 15 is 0 Å². The summed E-state index contributed by atoms with van der Waals surface area (Å²) in [6.07, 6.45) is -3.45. The number of carbonyl (C=O) groups is 1. The van der Waals surface area contributed by atoms with Gasteiger partial charge in [-0.3, -0.25) is 4.79 Å². The minimum Gasteiger partial charge on any atom is -0.330 e. The number of unbranched alkanes of at least 4 members (excludes halogenated alkanes) is 1. The van der Waals surface area contributed by atoms with Crippen molar-refractivity contribution in [2.45, 2.75) is 30.8 Å². The fourth-order valence-corrected chi connectivity index (χ4v) is 2.95. The zero-order valence-electron chi connectivity index (χ0n) is 13.8. The number of benzene rings is 1. The normalized spacial score (nSPS) is 12.5. The Kier molecular flexibility index (Phi) is 6.79. The van der Waals surface area contributed by atoms with Gasteiger partial charge in [-0.05, 0) is 24.6 Å². The van der Waals surface area contributed by atoms with E-state index in [2.05, 4.69) is 0 Å². The maximum absolute atomic E-state index is 12.7. The van der Waals surface area contributed by atoms with E-state index in [1.807, 2.05) is 0 Å². The van der Waals surface area contributed by atoms with E-state index in [1.54, 1.807) is 6.92 Å². The standard InChI is InChI=1S/C15H21F3N2O3S/c1-4-5-9-20(11-15(16,17)18)14(21)12-7-6-8-13(10-12)24(22,23)19(2)3/h6-8,10H,4-5,9,11H2,1-3H3. The molecule has 1 aromatic rings. The van der Waals surface area contributed by atoms with Crippen molar-refractivity contribution in [3.8, 4) is 0 Å². The second kappa shape index (κ2) is 7.98. The van der Waals surface area contributed by atoms with Crippen LogP contribution in [-0.2, 0) is 10.0 Å². The second-order valence-corrected chi connectivity index (χ2v) is 7.66. The number of carbonyl (C=O) groups excluding carboxylic acids is 1. The van der Waals surface area contributed by atoms with Crippen molar-refractivity contribution in [3.63, 3.8) is 0 Å². The average Bonchev–Trinajstić information content (AvgIpc) is 2.49. The number of halogens is 3. The molecular weight excluding hydrogens is 345 g/mol. The third-order valence-electron chi connectivity index (χ3n) is 3.30. The van der Waals surface area contributed by atoms with Gasteiger partial charge >= 0.3 is 6.18 Å². The molecule has 0 atom stereocenters. The van der Waals surface area contributed by atoms with Gasteiger partial charge in [0.05, 0.1) is 4.90 Å². The molecular formula is C15H21F3N2O3S. The highest BCUT2D eigenvalue weighted by molar-refractivity contribution is 7.89. The van der Waals surface area contributed by atoms with E-state index in [9.17, 15) is 26.4 Å². The number of sulfonamides is 1. The molecule has 0 fully saturated rings.